The Labute approximate surface area is 115 Å². The number of aromatic nitrogens is 2. The average Bonchev–Trinajstić information content (AvgIpc) is 2.37. The van der Waals surface area contributed by atoms with E-state index in [0.29, 0.717) is 5.92 Å². The van der Waals surface area contributed by atoms with E-state index >= 15 is 0 Å². The van der Waals surface area contributed by atoms with Gasteiger partial charge in [-0.3, -0.25) is 0 Å². The zero-order chi connectivity index (χ0) is 14.0. The maximum atomic E-state index is 4.68. The third kappa shape index (κ3) is 2.60. The summed E-state index contributed by atoms with van der Waals surface area (Å²) in [6, 6.07) is 8.21. The second-order valence-corrected chi connectivity index (χ2v) is 5.11. The summed E-state index contributed by atoms with van der Waals surface area (Å²) in [4.78, 5) is 9.37. The average molecular weight is 255 g/mol. The molecule has 0 aliphatic rings. The van der Waals surface area contributed by atoms with Gasteiger partial charge in [-0.15, -0.1) is 0 Å². The molecule has 0 bridgehead atoms. The first-order chi connectivity index (χ1) is 9.04. The predicted molar refractivity (Wildman–Crippen MR) is 80.6 cm³/mol. The van der Waals surface area contributed by atoms with E-state index in [4.69, 9.17) is 0 Å². The molecule has 3 nitrogen and oxygen atoms in total. The highest BCUT2D eigenvalue weighted by Crippen LogP contribution is 2.28. The van der Waals surface area contributed by atoms with Crippen molar-refractivity contribution >= 4 is 5.82 Å². The summed E-state index contributed by atoms with van der Waals surface area (Å²) in [6.45, 7) is 8.48. The summed E-state index contributed by atoms with van der Waals surface area (Å²) in [5, 5.41) is 3.20. The Morgan fingerprint density at radius 2 is 1.74 bits per heavy atom. The molecule has 1 aromatic heterocycles. The van der Waals surface area contributed by atoms with Crippen molar-refractivity contribution in [3.05, 3.63) is 41.1 Å². The molecule has 3 heteroatoms. The Morgan fingerprint density at radius 1 is 1.05 bits per heavy atom. The summed E-state index contributed by atoms with van der Waals surface area (Å²) >= 11 is 0. The molecule has 0 amide bonds. The van der Waals surface area contributed by atoms with Gasteiger partial charge < -0.3 is 5.32 Å². The van der Waals surface area contributed by atoms with Crippen molar-refractivity contribution in [2.75, 3.05) is 12.4 Å². The quantitative estimate of drug-likeness (QED) is 0.903. The summed E-state index contributed by atoms with van der Waals surface area (Å²) in [6.07, 6.45) is 0. The van der Waals surface area contributed by atoms with Crippen LogP contribution in [0, 0.1) is 13.8 Å². The van der Waals surface area contributed by atoms with Gasteiger partial charge in [0, 0.05) is 23.9 Å². The fraction of sp³-hybridized carbons (Fsp3) is 0.375. The number of aryl methyl sites for hydroxylation is 2. The molecule has 0 spiro atoms. The summed E-state index contributed by atoms with van der Waals surface area (Å²) in [5.41, 5.74) is 4.53. The van der Waals surface area contributed by atoms with Crippen LogP contribution in [0.4, 0.5) is 5.82 Å². The maximum absolute atomic E-state index is 4.68. The molecule has 0 aliphatic carbocycles. The molecule has 0 fully saturated rings. The van der Waals surface area contributed by atoms with Crippen molar-refractivity contribution in [3.8, 4) is 11.4 Å². The Bertz CT molecular complexity index is 589. The molecule has 0 radical (unpaired) electrons. The third-order valence-electron chi connectivity index (χ3n) is 3.34. The fourth-order valence-corrected chi connectivity index (χ4v) is 2.41. The highest BCUT2D eigenvalue weighted by molar-refractivity contribution is 5.63. The van der Waals surface area contributed by atoms with E-state index in [1.54, 1.807) is 0 Å². The Kier molecular flexibility index (Phi) is 3.84. The number of anilines is 1. The fourth-order valence-electron chi connectivity index (χ4n) is 2.41. The number of rotatable bonds is 3. The minimum absolute atomic E-state index is 0.411. The highest BCUT2D eigenvalue weighted by atomic mass is 15.0. The van der Waals surface area contributed by atoms with Crippen LogP contribution in [-0.2, 0) is 0 Å². The maximum Gasteiger partial charge on any atom is 0.162 e. The Morgan fingerprint density at radius 3 is 2.32 bits per heavy atom. The van der Waals surface area contributed by atoms with Crippen molar-refractivity contribution in [3.63, 3.8) is 0 Å². The van der Waals surface area contributed by atoms with Crippen molar-refractivity contribution in [2.45, 2.75) is 33.6 Å². The van der Waals surface area contributed by atoms with Crippen LogP contribution < -0.4 is 5.32 Å². The zero-order valence-corrected chi connectivity index (χ0v) is 12.3. The van der Waals surface area contributed by atoms with E-state index < -0.39 is 0 Å². The molecule has 0 aliphatic heterocycles. The molecule has 19 heavy (non-hydrogen) atoms. The smallest absolute Gasteiger partial charge is 0.162 e. The lowest BCUT2D eigenvalue weighted by atomic mass is 10.0. The molecule has 0 saturated carbocycles. The van der Waals surface area contributed by atoms with Crippen LogP contribution in [0.25, 0.3) is 11.4 Å². The van der Waals surface area contributed by atoms with Gasteiger partial charge in [-0.2, -0.15) is 0 Å². The van der Waals surface area contributed by atoms with Gasteiger partial charge in [0.2, 0.25) is 0 Å². The SMILES string of the molecule is CNc1nc(-c2ccccc2C)nc(C)c1C(C)C. The predicted octanol–water partition coefficient (Wildman–Crippen LogP) is 3.93. The molecule has 2 aromatic rings. The molecule has 1 heterocycles. The highest BCUT2D eigenvalue weighted by Gasteiger charge is 2.15. The summed E-state index contributed by atoms with van der Waals surface area (Å²) in [5.74, 6) is 2.14. The van der Waals surface area contributed by atoms with E-state index in [9.17, 15) is 0 Å². The number of nitrogens with zero attached hydrogens (tertiary/aromatic N) is 2. The van der Waals surface area contributed by atoms with Crippen LogP contribution in [0.2, 0.25) is 0 Å². The monoisotopic (exact) mass is 255 g/mol. The molecule has 1 N–H and O–H groups in total. The lowest BCUT2D eigenvalue weighted by molar-refractivity contribution is 0.833. The number of benzene rings is 1. The molecule has 0 atom stereocenters. The molecule has 100 valence electrons. The largest absolute Gasteiger partial charge is 0.373 e. The van der Waals surface area contributed by atoms with Crippen LogP contribution in [0.15, 0.2) is 24.3 Å². The minimum Gasteiger partial charge on any atom is -0.373 e. The number of nitrogens with one attached hydrogen (secondary N) is 1. The standard InChI is InChI=1S/C16H21N3/c1-10(2)14-12(4)18-15(19-16(14)17-5)13-9-7-6-8-11(13)3/h6-10H,1-5H3,(H,17,18,19). The first-order valence-corrected chi connectivity index (χ1v) is 6.67. The van der Waals surface area contributed by atoms with Crippen LogP contribution in [-0.4, -0.2) is 17.0 Å². The van der Waals surface area contributed by atoms with Gasteiger partial charge in [0.15, 0.2) is 5.82 Å². The second kappa shape index (κ2) is 5.39. The second-order valence-electron chi connectivity index (χ2n) is 5.11. The van der Waals surface area contributed by atoms with E-state index in [1.165, 1.54) is 11.1 Å². The van der Waals surface area contributed by atoms with Crippen LogP contribution in [0.5, 0.6) is 0 Å². The van der Waals surface area contributed by atoms with Gasteiger partial charge in [-0.25, -0.2) is 9.97 Å². The third-order valence-corrected chi connectivity index (χ3v) is 3.34. The number of hydrogen-bond donors (Lipinski definition) is 1. The van der Waals surface area contributed by atoms with E-state index in [2.05, 4.69) is 55.1 Å². The molecule has 1 aromatic carbocycles. The van der Waals surface area contributed by atoms with Gasteiger partial charge in [-0.05, 0) is 25.3 Å². The molecular weight excluding hydrogens is 234 g/mol. The van der Waals surface area contributed by atoms with Gasteiger partial charge in [0.25, 0.3) is 0 Å². The Hall–Kier alpha value is -1.90. The van der Waals surface area contributed by atoms with Crippen LogP contribution in [0.1, 0.15) is 36.6 Å². The molecule has 0 saturated heterocycles. The van der Waals surface area contributed by atoms with E-state index in [0.717, 1.165) is 22.9 Å². The van der Waals surface area contributed by atoms with Gasteiger partial charge in [0.1, 0.15) is 5.82 Å². The van der Waals surface area contributed by atoms with Gasteiger partial charge in [0.05, 0.1) is 0 Å². The molecule has 0 unspecified atom stereocenters. The Balaban J connectivity index is 2.62. The molecular formula is C16H21N3. The minimum atomic E-state index is 0.411. The number of hydrogen-bond acceptors (Lipinski definition) is 3. The zero-order valence-electron chi connectivity index (χ0n) is 12.3. The topological polar surface area (TPSA) is 37.8 Å². The van der Waals surface area contributed by atoms with Crippen molar-refractivity contribution in [1.29, 1.82) is 0 Å². The van der Waals surface area contributed by atoms with Crippen LogP contribution >= 0.6 is 0 Å². The first-order valence-electron chi connectivity index (χ1n) is 6.67. The molecule has 2 rings (SSSR count). The van der Waals surface area contributed by atoms with E-state index in [-0.39, 0.29) is 0 Å². The lowest BCUT2D eigenvalue weighted by Crippen LogP contribution is -2.07. The van der Waals surface area contributed by atoms with Gasteiger partial charge >= 0.3 is 0 Å². The van der Waals surface area contributed by atoms with Crippen LogP contribution in [0.3, 0.4) is 0 Å². The normalized spacial score (nSPS) is 10.8. The van der Waals surface area contributed by atoms with Crippen molar-refractivity contribution in [1.82, 2.24) is 9.97 Å². The van der Waals surface area contributed by atoms with Crippen molar-refractivity contribution in [2.24, 2.45) is 0 Å². The van der Waals surface area contributed by atoms with Gasteiger partial charge in [-0.1, -0.05) is 38.1 Å². The van der Waals surface area contributed by atoms with E-state index in [1.807, 2.05) is 19.2 Å². The summed E-state index contributed by atoms with van der Waals surface area (Å²) < 4.78 is 0. The summed E-state index contributed by atoms with van der Waals surface area (Å²) in [7, 11) is 1.91. The lowest BCUT2D eigenvalue weighted by Gasteiger charge is -2.16. The van der Waals surface area contributed by atoms with Crippen molar-refractivity contribution < 1.29 is 0 Å². The first kappa shape index (κ1) is 13.5.